The second-order valence-electron chi connectivity index (χ2n) is 10.3. The second kappa shape index (κ2) is 8.98. The van der Waals surface area contributed by atoms with Gasteiger partial charge in [-0.05, 0) is 38.0 Å². The summed E-state index contributed by atoms with van der Waals surface area (Å²) in [6, 6.07) is -1.38. The van der Waals surface area contributed by atoms with Crippen LogP contribution in [0.4, 0.5) is 4.79 Å². The molecule has 2 aliphatic carbocycles. The Morgan fingerprint density at radius 2 is 1.70 bits per heavy atom. The third-order valence-electron chi connectivity index (χ3n) is 7.68. The number of thioether (sulfide) groups is 2. The van der Waals surface area contributed by atoms with Crippen LogP contribution in [0.2, 0.25) is 0 Å². The summed E-state index contributed by atoms with van der Waals surface area (Å²) in [7, 11) is 0. The van der Waals surface area contributed by atoms with Gasteiger partial charge < -0.3 is 15.5 Å². The molecule has 182 valence electrons. The van der Waals surface area contributed by atoms with E-state index < -0.39 is 10.1 Å². The molecule has 0 radical (unpaired) electrons. The van der Waals surface area contributed by atoms with Crippen LogP contribution in [-0.4, -0.2) is 79.8 Å². The van der Waals surface area contributed by atoms with E-state index in [1.807, 2.05) is 18.7 Å². The first kappa shape index (κ1) is 23.3. The highest BCUT2D eigenvalue weighted by Crippen LogP contribution is 2.57. The third-order valence-corrected chi connectivity index (χ3v) is 11.1. The lowest BCUT2D eigenvalue weighted by Crippen LogP contribution is -2.58. The molecule has 2 saturated carbocycles. The van der Waals surface area contributed by atoms with Gasteiger partial charge in [0.25, 0.3) is 5.91 Å². The van der Waals surface area contributed by atoms with Gasteiger partial charge in [-0.3, -0.25) is 19.3 Å². The fraction of sp³-hybridized carbons (Fsp3) is 0.826. The summed E-state index contributed by atoms with van der Waals surface area (Å²) < 4.78 is -0.797. The molecule has 0 aromatic carbocycles. The molecule has 0 bridgehead atoms. The van der Waals surface area contributed by atoms with Crippen LogP contribution in [-0.2, 0) is 14.4 Å². The van der Waals surface area contributed by atoms with Gasteiger partial charge in [0.1, 0.15) is 6.04 Å². The lowest BCUT2D eigenvalue weighted by Gasteiger charge is -2.36. The highest BCUT2D eigenvalue weighted by Gasteiger charge is 2.68. The van der Waals surface area contributed by atoms with Crippen molar-refractivity contribution >= 4 is 47.3 Å². The Kier molecular flexibility index (Phi) is 6.35. The molecule has 0 unspecified atom stereocenters. The van der Waals surface area contributed by atoms with Crippen LogP contribution < -0.4 is 10.6 Å². The minimum atomic E-state index is -0.797. The molecule has 5 rings (SSSR count). The minimum absolute atomic E-state index is 0.0322. The van der Waals surface area contributed by atoms with Crippen LogP contribution in [0.5, 0.6) is 0 Å². The Hall–Kier alpha value is -1.42. The molecule has 5 fully saturated rings. The van der Waals surface area contributed by atoms with Gasteiger partial charge in [-0.25, -0.2) is 4.79 Å². The van der Waals surface area contributed by atoms with Crippen molar-refractivity contribution in [3.05, 3.63) is 0 Å². The number of fused-ring (bicyclic) bond motifs is 2. The number of hydrogen-bond donors (Lipinski definition) is 2. The SMILES string of the molecule is CC(C)[C@H](NC(=O)NC1CCCC1)C(=O)N1CC[C@H]2[C@H]1C1(SCCS1)C(=O)N2C(=O)C1CC1. The van der Waals surface area contributed by atoms with Crippen LogP contribution in [0.15, 0.2) is 0 Å². The van der Waals surface area contributed by atoms with Crippen LogP contribution in [0, 0.1) is 11.8 Å². The van der Waals surface area contributed by atoms with Crippen LogP contribution in [0.1, 0.15) is 58.8 Å². The molecular weight excluding hydrogens is 460 g/mol. The van der Waals surface area contributed by atoms with Crippen molar-refractivity contribution in [3.63, 3.8) is 0 Å². The van der Waals surface area contributed by atoms with E-state index in [9.17, 15) is 19.2 Å². The summed E-state index contributed by atoms with van der Waals surface area (Å²) >= 11 is 3.19. The van der Waals surface area contributed by atoms with Crippen molar-refractivity contribution in [2.24, 2.45) is 11.8 Å². The zero-order valence-corrected chi connectivity index (χ0v) is 21.0. The summed E-state index contributed by atoms with van der Waals surface area (Å²) in [5.41, 5.74) is 0. The van der Waals surface area contributed by atoms with E-state index in [4.69, 9.17) is 0 Å². The number of likely N-dealkylation sites (tertiary alicyclic amines) is 2. The van der Waals surface area contributed by atoms with Crippen LogP contribution >= 0.6 is 23.5 Å². The van der Waals surface area contributed by atoms with E-state index in [1.165, 1.54) is 4.90 Å². The molecule has 3 heterocycles. The molecule has 0 aromatic heterocycles. The Labute approximate surface area is 203 Å². The van der Waals surface area contributed by atoms with Gasteiger partial charge in [0.2, 0.25) is 11.8 Å². The number of urea groups is 1. The quantitative estimate of drug-likeness (QED) is 0.569. The minimum Gasteiger partial charge on any atom is -0.335 e. The van der Waals surface area contributed by atoms with E-state index in [0.717, 1.165) is 50.0 Å². The van der Waals surface area contributed by atoms with Gasteiger partial charge in [-0.2, -0.15) is 0 Å². The number of nitrogens with one attached hydrogen (secondary N) is 2. The molecular formula is C23H34N4O4S2. The average molecular weight is 495 g/mol. The molecule has 33 heavy (non-hydrogen) atoms. The maximum atomic E-state index is 13.8. The van der Waals surface area contributed by atoms with Crippen molar-refractivity contribution in [2.45, 2.75) is 87.0 Å². The molecule has 5 amide bonds. The van der Waals surface area contributed by atoms with E-state index in [1.54, 1.807) is 23.5 Å². The molecule has 2 N–H and O–H groups in total. The summed E-state index contributed by atoms with van der Waals surface area (Å²) in [4.78, 5) is 56.5. The largest absolute Gasteiger partial charge is 0.335 e. The maximum Gasteiger partial charge on any atom is 0.315 e. The number of carbonyl (C=O) groups excluding carboxylic acids is 4. The Bertz CT molecular complexity index is 836. The van der Waals surface area contributed by atoms with Gasteiger partial charge in [0.15, 0.2) is 4.08 Å². The van der Waals surface area contributed by atoms with E-state index in [0.29, 0.717) is 13.0 Å². The highest BCUT2D eigenvalue weighted by molar-refractivity contribution is 8.22. The Morgan fingerprint density at radius 1 is 1.03 bits per heavy atom. The maximum absolute atomic E-state index is 13.8. The third kappa shape index (κ3) is 4.05. The first-order chi connectivity index (χ1) is 15.8. The summed E-state index contributed by atoms with van der Waals surface area (Å²) in [5.74, 6) is 1.24. The van der Waals surface area contributed by atoms with Crippen LogP contribution in [0.25, 0.3) is 0 Å². The molecule has 10 heteroatoms. The fourth-order valence-corrected chi connectivity index (χ4v) is 9.30. The van der Waals surface area contributed by atoms with Crippen molar-refractivity contribution in [1.29, 1.82) is 0 Å². The average Bonchev–Trinajstić information content (AvgIpc) is 3.14. The predicted octanol–water partition coefficient (Wildman–Crippen LogP) is 2.18. The number of imide groups is 1. The molecule has 0 aromatic rings. The van der Waals surface area contributed by atoms with E-state index in [2.05, 4.69) is 10.6 Å². The summed E-state index contributed by atoms with van der Waals surface area (Å²) in [6.45, 7) is 4.38. The normalized spacial score (nSPS) is 29.7. The molecule has 3 aliphatic heterocycles. The molecule has 1 spiro atoms. The summed E-state index contributed by atoms with van der Waals surface area (Å²) in [6.07, 6.45) is 6.52. The standard InChI is InChI=1S/C23H34N4O4S2/c1-13(2)17(25-22(31)24-15-5-3-4-6-15)20(29)26-10-9-16-18(26)23(32-11-12-33-23)21(30)27(16)19(28)14-7-8-14/h13-18H,3-12H2,1-2H3,(H2,24,25,31)/t16-,17-,18-/m0/s1. The fourth-order valence-electron chi connectivity index (χ4n) is 5.84. The zero-order valence-electron chi connectivity index (χ0n) is 19.4. The zero-order chi connectivity index (χ0) is 23.3. The van der Waals surface area contributed by atoms with Gasteiger partial charge in [0.05, 0.1) is 12.1 Å². The molecule has 3 atom stereocenters. The van der Waals surface area contributed by atoms with Crippen molar-refractivity contribution in [1.82, 2.24) is 20.4 Å². The van der Waals surface area contributed by atoms with Crippen molar-refractivity contribution in [3.8, 4) is 0 Å². The first-order valence-corrected chi connectivity index (χ1v) is 14.3. The van der Waals surface area contributed by atoms with E-state index in [-0.39, 0.29) is 53.7 Å². The van der Waals surface area contributed by atoms with Crippen molar-refractivity contribution in [2.75, 3.05) is 18.1 Å². The van der Waals surface area contributed by atoms with Crippen molar-refractivity contribution < 1.29 is 19.2 Å². The smallest absolute Gasteiger partial charge is 0.315 e. The Balaban J connectivity index is 1.36. The monoisotopic (exact) mass is 494 g/mol. The van der Waals surface area contributed by atoms with E-state index >= 15 is 0 Å². The summed E-state index contributed by atoms with van der Waals surface area (Å²) in [5, 5.41) is 5.95. The number of rotatable bonds is 5. The molecule has 8 nitrogen and oxygen atoms in total. The number of hydrogen-bond acceptors (Lipinski definition) is 6. The Morgan fingerprint density at radius 3 is 2.30 bits per heavy atom. The first-order valence-electron chi connectivity index (χ1n) is 12.4. The molecule has 3 saturated heterocycles. The number of amides is 5. The second-order valence-corrected chi connectivity index (χ2v) is 13.2. The van der Waals surface area contributed by atoms with Gasteiger partial charge in [-0.15, -0.1) is 23.5 Å². The van der Waals surface area contributed by atoms with Crippen LogP contribution in [0.3, 0.4) is 0 Å². The predicted molar refractivity (Wildman–Crippen MR) is 129 cm³/mol. The lowest BCUT2D eigenvalue weighted by molar-refractivity contribution is -0.144. The highest BCUT2D eigenvalue weighted by atomic mass is 32.2. The topological polar surface area (TPSA) is 98.8 Å². The number of nitrogens with zero attached hydrogens (tertiary/aromatic N) is 2. The van der Waals surface area contributed by atoms with Gasteiger partial charge >= 0.3 is 6.03 Å². The van der Waals surface area contributed by atoms with Gasteiger partial charge in [-0.1, -0.05) is 26.7 Å². The lowest BCUT2D eigenvalue weighted by atomic mass is 10.0. The molecule has 5 aliphatic rings. The van der Waals surface area contributed by atoms with Gasteiger partial charge in [0, 0.05) is 30.0 Å². The number of carbonyl (C=O) groups is 4.